The molecule has 0 fully saturated rings. The number of nitrogens with one attached hydrogen (secondary N) is 2. The van der Waals surface area contributed by atoms with Gasteiger partial charge in [-0.15, -0.1) is 0 Å². The molecule has 1 aromatic heterocycles. The number of nitrogens with zero attached hydrogens (tertiary/aromatic N) is 2. The number of carbonyl (C=O) groups is 1. The van der Waals surface area contributed by atoms with Gasteiger partial charge in [0, 0.05) is 7.05 Å². The number of benzene rings is 1. The van der Waals surface area contributed by atoms with Gasteiger partial charge in [0.05, 0.1) is 17.6 Å². The van der Waals surface area contributed by atoms with Crippen LogP contribution in [0.15, 0.2) is 24.4 Å². The molecule has 0 aliphatic rings. The summed E-state index contributed by atoms with van der Waals surface area (Å²) in [6, 6.07) is 4.66. The highest BCUT2D eigenvalue weighted by atomic mass is 32.1. The lowest BCUT2D eigenvalue weighted by molar-refractivity contribution is -0.0493. The number of rotatable bonds is 5. The van der Waals surface area contributed by atoms with E-state index in [9.17, 15) is 13.6 Å². The van der Waals surface area contributed by atoms with Gasteiger partial charge in [-0.2, -0.15) is 13.9 Å². The molecular formula is C14H14F2N4O3S. The number of aromatic nitrogens is 2. The highest BCUT2D eigenvalue weighted by Crippen LogP contribution is 2.27. The molecule has 0 aliphatic carbocycles. The molecule has 2 aromatic rings. The Bertz CT molecular complexity index is 779. The summed E-state index contributed by atoms with van der Waals surface area (Å²) in [7, 11) is 1.47. The number of carboxylic acids is 1. The van der Waals surface area contributed by atoms with E-state index >= 15 is 0 Å². The van der Waals surface area contributed by atoms with Gasteiger partial charge in [-0.3, -0.25) is 4.68 Å². The van der Waals surface area contributed by atoms with Gasteiger partial charge in [0.25, 0.3) is 0 Å². The van der Waals surface area contributed by atoms with Crippen molar-refractivity contribution < 1.29 is 23.4 Å². The molecule has 2 rings (SSSR count). The Morgan fingerprint density at radius 3 is 2.67 bits per heavy atom. The van der Waals surface area contributed by atoms with E-state index < -0.39 is 12.6 Å². The maximum atomic E-state index is 12.5. The van der Waals surface area contributed by atoms with Gasteiger partial charge in [0.15, 0.2) is 10.8 Å². The smallest absolute Gasteiger partial charge is 0.387 e. The quantitative estimate of drug-likeness (QED) is 0.710. The molecule has 0 amide bonds. The normalized spacial score (nSPS) is 10.5. The van der Waals surface area contributed by atoms with Crippen LogP contribution in [0.1, 0.15) is 16.1 Å². The molecule has 24 heavy (non-hydrogen) atoms. The minimum absolute atomic E-state index is 0.00784. The summed E-state index contributed by atoms with van der Waals surface area (Å²) in [5.74, 6) is -1.25. The Morgan fingerprint density at radius 2 is 2.04 bits per heavy atom. The molecular weight excluding hydrogens is 342 g/mol. The Labute approximate surface area is 141 Å². The van der Waals surface area contributed by atoms with Gasteiger partial charge in [0.2, 0.25) is 0 Å². The van der Waals surface area contributed by atoms with Crippen molar-refractivity contribution in [3.8, 4) is 5.75 Å². The van der Waals surface area contributed by atoms with Crippen LogP contribution in [-0.4, -0.2) is 32.6 Å². The van der Waals surface area contributed by atoms with Crippen molar-refractivity contribution in [2.75, 3.05) is 10.6 Å². The van der Waals surface area contributed by atoms with Crippen molar-refractivity contribution in [1.82, 2.24) is 9.78 Å². The maximum absolute atomic E-state index is 12.5. The van der Waals surface area contributed by atoms with Crippen LogP contribution in [0.25, 0.3) is 0 Å². The van der Waals surface area contributed by atoms with Crippen molar-refractivity contribution in [3.63, 3.8) is 0 Å². The van der Waals surface area contributed by atoms with E-state index in [0.717, 1.165) is 5.56 Å². The van der Waals surface area contributed by atoms with Crippen molar-refractivity contribution in [1.29, 1.82) is 0 Å². The van der Waals surface area contributed by atoms with E-state index in [1.54, 1.807) is 13.0 Å². The Balaban J connectivity index is 2.17. The Hall–Kier alpha value is -2.75. The van der Waals surface area contributed by atoms with Gasteiger partial charge in [0.1, 0.15) is 5.75 Å². The zero-order chi connectivity index (χ0) is 17.9. The molecule has 128 valence electrons. The second-order valence-electron chi connectivity index (χ2n) is 4.79. The predicted octanol–water partition coefficient (Wildman–Crippen LogP) is 2.84. The van der Waals surface area contributed by atoms with Gasteiger partial charge in [-0.25, -0.2) is 4.79 Å². The molecule has 0 saturated carbocycles. The van der Waals surface area contributed by atoms with Crippen LogP contribution in [0.2, 0.25) is 0 Å². The number of halogens is 2. The third-order valence-electron chi connectivity index (χ3n) is 2.99. The zero-order valence-corrected chi connectivity index (χ0v) is 13.5. The first-order chi connectivity index (χ1) is 11.3. The van der Waals surface area contributed by atoms with Gasteiger partial charge in [-0.1, -0.05) is 6.07 Å². The first-order valence-electron chi connectivity index (χ1n) is 6.66. The molecule has 0 aliphatic heterocycles. The third kappa shape index (κ3) is 4.16. The standard InChI is InChI=1S/C14H14F2N4O3S/c1-7-3-4-8(10(5-7)23-13(15)16)18-14(24)19-9-6-17-20(2)11(9)12(21)22/h3-6,13H,1-2H3,(H,21,22)(H2,18,19,24). The largest absolute Gasteiger partial charge is 0.476 e. The summed E-state index contributed by atoms with van der Waals surface area (Å²) >= 11 is 5.08. The van der Waals surface area contributed by atoms with Crippen LogP contribution < -0.4 is 15.4 Å². The van der Waals surface area contributed by atoms with Gasteiger partial charge >= 0.3 is 12.6 Å². The molecule has 0 atom stereocenters. The number of hydrogen-bond acceptors (Lipinski definition) is 4. The monoisotopic (exact) mass is 356 g/mol. The van der Waals surface area contributed by atoms with Crippen molar-refractivity contribution in [2.45, 2.75) is 13.5 Å². The number of aromatic carboxylic acids is 1. The lowest BCUT2D eigenvalue weighted by atomic mass is 10.2. The maximum Gasteiger partial charge on any atom is 0.387 e. The predicted molar refractivity (Wildman–Crippen MR) is 87.8 cm³/mol. The molecule has 7 nitrogen and oxygen atoms in total. The fourth-order valence-electron chi connectivity index (χ4n) is 1.98. The molecule has 1 aromatic carbocycles. The van der Waals surface area contributed by atoms with Crippen molar-refractivity contribution in [2.24, 2.45) is 7.05 Å². The van der Waals surface area contributed by atoms with E-state index in [-0.39, 0.29) is 27.9 Å². The first kappa shape index (κ1) is 17.6. The molecule has 0 radical (unpaired) electrons. The highest BCUT2D eigenvalue weighted by Gasteiger charge is 2.17. The van der Waals surface area contributed by atoms with E-state index in [1.807, 2.05) is 0 Å². The molecule has 0 unspecified atom stereocenters. The first-order valence-corrected chi connectivity index (χ1v) is 7.07. The van der Waals surface area contributed by atoms with Crippen LogP contribution in [-0.2, 0) is 7.05 Å². The van der Waals surface area contributed by atoms with E-state index in [4.69, 9.17) is 17.3 Å². The molecule has 0 saturated heterocycles. The average molecular weight is 356 g/mol. The average Bonchev–Trinajstić information content (AvgIpc) is 2.82. The summed E-state index contributed by atoms with van der Waals surface area (Å²) in [5.41, 5.74) is 1.03. The lowest BCUT2D eigenvalue weighted by Gasteiger charge is -2.15. The minimum atomic E-state index is -2.98. The number of ether oxygens (including phenoxy) is 1. The summed E-state index contributed by atoms with van der Waals surface area (Å²) in [6.45, 7) is -1.25. The Kier molecular flexibility index (Phi) is 5.29. The van der Waals surface area contributed by atoms with E-state index in [1.165, 1.54) is 30.1 Å². The number of anilines is 2. The highest BCUT2D eigenvalue weighted by molar-refractivity contribution is 7.80. The van der Waals surface area contributed by atoms with Crippen LogP contribution >= 0.6 is 12.2 Å². The molecule has 10 heteroatoms. The topological polar surface area (TPSA) is 88.4 Å². The van der Waals surface area contributed by atoms with Gasteiger partial charge < -0.3 is 20.5 Å². The SMILES string of the molecule is Cc1ccc(NC(=S)Nc2cnn(C)c2C(=O)O)c(OC(F)F)c1. The van der Waals surface area contributed by atoms with Gasteiger partial charge in [-0.05, 0) is 36.8 Å². The minimum Gasteiger partial charge on any atom is -0.476 e. The van der Waals surface area contributed by atoms with Crippen LogP contribution in [0.5, 0.6) is 5.75 Å². The second-order valence-corrected chi connectivity index (χ2v) is 5.20. The summed E-state index contributed by atoms with van der Waals surface area (Å²) in [4.78, 5) is 11.2. The van der Waals surface area contributed by atoms with Crippen LogP contribution in [0.4, 0.5) is 20.2 Å². The summed E-state index contributed by atoms with van der Waals surface area (Å²) in [6.07, 6.45) is 1.29. The molecule has 3 N–H and O–H groups in total. The fraction of sp³-hybridized carbons (Fsp3) is 0.214. The molecule has 0 bridgehead atoms. The van der Waals surface area contributed by atoms with Crippen LogP contribution in [0, 0.1) is 6.92 Å². The lowest BCUT2D eigenvalue weighted by Crippen LogP contribution is -2.21. The van der Waals surface area contributed by atoms with Crippen molar-refractivity contribution in [3.05, 3.63) is 35.7 Å². The third-order valence-corrected chi connectivity index (χ3v) is 3.20. The number of aryl methyl sites for hydroxylation is 2. The van der Waals surface area contributed by atoms with Crippen LogP contribution in [0.3, 0.4) is 0 Å². The molecule has 1 heterocycles. The fourth-order valence-corrected chi connectivity index (χ4v) is 2.20. The number of carboxylic acid groups (broad SMARTS) is 1. The van der Waals surface area contributed by atoms with E-state index in [2.05, 4.69) is 20.5 Å². The summed E-state index contributed by atoms with van der Waals surface area (Å²) < 4.78 is 30.6. The summed E-state index contributed by atoms with van der Waals surface area (Å²) in [5, 5.41) is 18.3. The van der Waals surface area contributed by atoms with Crippen molar-refractivity contribution >= 4 is 34.7 Å². The molecule has 0 spiro atoms. The Morgan fingerprint density at radius 1 is 1.38 bits per heavy atom. The zero-order valence-electron chi connectivity index (χ0n) is 12.7. The van der Waals surface area contributed by atoms with E-state index in [0.29, 0.717) is 0 Å². The second kappa shape index (κ2) is 7.21. The number of thiocarbonyl (C=S) groups is 1. The number of alkyl halides is 2. The number of hydrogen-bond donors (Lipinski definition) is 3.